The van der Waals surface area contributed by atoms with Crippen LogP contribution in [-0.4, -0.2) is 29.3 Å². The molecule has 0 aromatic carbocycles. The van der Waals surface area contributed by atoms with E-state index in [4.69, 9.17) is 9.15 Å². The third kappa shape index (κ3) is 3.10. The van der Waals surface area contributed by atoms with Crippen molar-refractivity contribution in [1.29, 1.82) is 0 Å². The molecular formula is C17H20N2O2S. The second kappa shape index (κ2) is 5.89. The molecule has 0 amide bonds. The first-order valence-corrected chi connectivity index (χ1v) is 8.19. The molecule has 116 valence electrons. The number of ether oxygens (including phenoxy) is 1. The highest BCUT2D eigenvalue weighted by Gasteiger charge is 2.29. The van der Waals surface area contributed by atoms with E-state index in [2.05, 4.69) is 35.1 Å². The number of rotatable bonds is 2. The molecule has 5 heteroatoms. The Labute approximate surface area is 135 Å². The molecule has 0 radical (unpaired) electrons. The van der Waals surface area contributed by atoms with Crippen molar-refractivity contribution in [1.82, 2.24) is 4.98 Å². The molecule has 3 rings (SSSR count). The van der Waals surface area contributed by atoms with Crippen LogP contribution in [0.15, 0.2) is 27.6 Å². The maximum Gasteiger partial charge on any atom is 0.233 e. The number of nitrogens with zero attached hydrogens (tertiary/aromatic N) is 2. The molecule has 0 N–H and O–H groups in total. The molecule has 1 aromatic heterocycles. The van der Waals surface area contributed by atoms with Crippen LogP contribution < -0.4 is 0 Å². The minimum atomic E-state index is -0.511. The topological polar surface area (TPSA) is 47.6 Å². The summed E-state index contributed by atoms with van der Waals surface area (Å²) in [5.41, 5.74) is 0.869. The van der Waals surface area contributed by atoms with E-state index in [0.717, 1.165) is 16.4 Å². The van der Waals surface area contributed by atoms with Gasteiger partial charge >= 0.3 is 0 Å². The van der Waals surface area contributed by atoms with Gasteiger partial charge in [0.05, 0.1) is 10.9 Å². The summed E-state index contributed by atoms with van der Waals surface area (Å²) in [4.78, 5) is 9.57. The quantitative estimate of drug-likeness (QED) is 0.818. The normalized spacial score (nSPS) is 30.6. The van der Waals surface area contributed by atoms with E-state index in [-0.39, 0.29) is 6.04 Å². The minimum absolute atomic E-state index is 0.0669. The van der Waals surface area contributed by atoms with Crippen LogP contribution in [0.2, 0.25) is 0 Å². The number of methoxy groups -OCH3 is 1. The zero-order chi connectivity index (χ0) is 15.7. The smallest absolute Gasteiger partial charge is 0.233 e. The number of fused-ring (bicyclic) bond motifs is 1. The highest BCUT2D eigenvalue weighted by molar-refractivity contribution is 8.09. The molecule has 3 unspecified atom stereocenters. The zero-order valence-corrected chi connectivity index (χ0v) is 14.1. The Morgan fingerprint density at radius 3 is 2.82 bits per heavy atom. The van der Waals surface area contributed by atoms with E-state index < -0.39 is 4.93 Å². The summed E-state index contributed by atoms with van der Waals surface area (Å²) in [6.07, 6.45) is 12.2. The number of aromatic nitrogens is 1. The molecule has 1 aliphatic heterocycles. The summed E-state index contributed by atoms with van der Waals surface area (Å²) >= 11 is 1.57. The van der Waals surface area contributed by atoms with Crippen LogP contribution in [0.4, 0.5) is 0 Å². The van der Waals surface area contributed by atoms with Crippen molar-refractivity contribution >= 4 is 35.0 Å². The summed E-state index contributed by atoms with van der Waals surface area (Å²) < 4.78 is 11.5. The van der Waals surface area contributed by atoms with Crippen molar-refractivity contribution in [2.75, 3.05) is 7.11 Å². The van der Waals surface area contributed by atoms with Gasteiger partial charge in [0, 0.05) is 13.3 Å². The number of oxazole rings is 1. The first kappa shape index (κ1) is 15.3. The number of hydrogen-bond acceptors (Lipinski definition) is 5. The molecule has 0 fully saturated rings. The van der Waals surface area contributed by atoms with E-state index >= 15 is 0 Å². The number of allylic oxidation sites excluding steroid dienone is 2. The second-order valence-corrected chi connectivity index (χ2v) is 7.17. The Balaban J connectivity index is 1.97. The van der Waals surface area contributed by atoms with Crippen LogP contribution in [0.1, 0.15) is 38.1 Å². The Kier molecular flexibility index (Phi) is 4.10. The third-order valence-electron chi connectivity index (χ3n) is 3.66. The van der Waals surface area contributed by atoms with Crippen molar-refractivity contribution in [3.8, 4) is 0 Å². The SMILES string of the molecule is COC1(C)C=NC(C)C=C(c2nc3c(o2)C=CC(C)C=C3)S1. The van der Waals surface area contributed by atoms with Crippen molar-refractivity contribution in [3.05, 3.63) is 35.6 Å². The lowest BCUT2D eigenvalue weighted by Gasteiger charge is -2.21. The van der Waals surface area contributed by atoms with Crippen LogP contribution in [-0.2, 0) is 4.74 Å². The Morgan fingerprint density at radius 1 is 1.27 bits per heavy atom. The molecular weight excluding hydrogens is 296 g/mol. The third-order valence-corrected chi connectivity index (χ3v) is 4.86. The molecule has 0 spiro atoms. The minimum Gasteiger partial charge on any atom is -0.436 e. The molecule has 0 bridgehead atoms. The summed E-state index contributed by atoms with van der Waals surface area (Å²) in [6.45, 7) is 6.16. The molecule has 0 saturated carbocycles. The summed E-state index contributed by atoms with van der Waals surface area (Å²) in [6, 6.07) is 0.0669. The predicted molar refractivity (Wildman–Crippen MR) is 92.7 cm³/mol. The fourth-order valence-electron chi connectivity index (χ4n) is 2.24. The van der Waals surface area contributed by atoms with Gasteiger partial charge in [-0.3, -0.25) is 4.99 Å². The van der Waals surface area contributed by atoms with Gasteiger partial charge in [-0.05, 0) is 38.0 Å². The van der Waals surface area contributed by atoms with Gasteiger partial charge in [-0.15, -0.1) is 0 Å². The van der Waals surface area contributed by atoms with Gasteiger partial charge < -0.3 is 9.15 Å². The first-order chi connectivity index (χ1) is 10.5. The first-order valence-electron chi connectivity index (χ1n) is 7.37. The van der Waals surface area contributed by atoms with Crippen LogP contribution in [0.5, 0.6) is 0 Å². The fourth-order valence-corrected chi connectivity index (χ4v) is 3.31. The number of hydrogen-bond donors (Lipinski definition) is 0. The Morgan fingerprint density at radius 2 is 2.05 bits per heavy atom. The standard InChI is InChI=1S/C17H20N2O2S/c1-11-5-7-13-14(8-6-11)21-16(19-13)15-9-12(2)18-10-17(3,20-4)22-15/h5-12H,1-4H3. The van der Waals surface area contributed by atoms with Crippen molar-refractivity contribution < 1.29 is 9.15 Å². The van der Waals surface area contributed by atoms with Crippen molar-refractivity contribution in [2.45, 2.75) is 31.7 Å². The molecule has 0 saturated heterocycles. The lowest BCUT2D eigenvalue weighted by molar-refractivity contribution is 0.147. The number of aliphatic imine (C=N–C) groups is 1. The predicted octanol–water partition coefficient (Wildman–Crippen LogP) is 4.26. The Hall–Kier alpha value is -1.59. The molecule has 4 nitrogen and oxygen atoms in total. The summed E-state index contributed by atoms with van der Waals surface area (Å²) in [7, 11) is 1.68. The largest absolute Gasteiger partial charge is 0.436 e. The molecule has 2 heterocycles. The average Bonchev–Trinajstić information content (AvgIpc) is 2.75. The van der Waals surface area contributed by atoms with E-state index in [1.54, 1.807) is 18.9 Å². The van der Waals surface area contributed by atoms with E-state index in [1.807, 2.05) is 32.2 Å². The Bertz CT molecular complexity index is 655. The monoisotopic (exact) mass is 316 g/mol. The lowest BCUT2D eigenvalue weighted by Crippen LogP contribution is -2.24. The zero-order valence-electron chi connectivity index (χ0n) is 13.2. The average molecular weight is 316 g/mol. The van der Waals surface area contributed by atoms with E-state index in [1.165, 1.54) is 0 Å². The number of thioether (sulfide) groups is 1. The fraction of sp³-hybridized carbons (Fsp3) is 0.412. The van der Waals surface area contributed by atoms with Gasteiger partial charge in [0.25, 0.3) is 0 Å². The highest BCUT2D eigenvalue weighted by atomic mass is 32.2. The summed E-state index contributed by atoms with van der Waals surface area (Å²) in [5.74, 6) is 1.82. The second-order valence-electron chi connectivity index (χ2n) is 5.72. The van der Waals surface area contributed by atoms with Gasteiger partial charge in [-0.2, -0.15) is 0 Å². The van der Waals surface area contributed by atoms with Crippen molar-refractivity contribution in [3.63, 3.8) is 0 Å². The van der Waals surface area contributed by atoms with Gasteiger partial charge in [0.2, 0.25) is 5.89 Å². The maximum absolute atomic E-state index is 5.97. The van der Waals surface area contributed by atoms with E-state index in [0.29, 0.717) is 11.8 Å². The van der Waals surface area contributed by atoms with Gasteiger partial charge in [0.1, 0.15) is 10.6 Å². The molecule has 1 aromatic rings. The van der Waals surface area contributed by atoms with Gasteiger partial charge in [-0.25, -0.2) is 4.98 Å². The van der Waals surface area contributed by atoms with E-state index in [9.17, 15) is 0 Å². The van der Waals surface area contributed by atoms with Crippen molar-refractivity contribution in [2.24, 2.45) is 10.9 Å². The van der Waals surface area contributed by atoms with Crippen LogP contribution in [0.3, 0.4) is 0 Å². The molecule has 1 aliphatic carbocycles. The highest BCUT2D eigenvalue weighted by Crippen LogP contribution is 2.40. The maximum atomic E-state index is 5.97. The lowest BCUT2D eigenvalue weighted by atomic mass is 10.2. The van der Waals surface area contributed by atoms with Crippen LogP contribution in [0, 0.1) is 5.92 Å². The summed E-state index contributed by atoms with van der Waals surface area (Å²) in [5, 5.41) is 0. The van der Waals surface area contributed by atoms with Gasteiger partial charge in [-0.1, -0.05) is 30.8 Å². The molecule has 3 atom stereocenters. The van der Waals surface area contributed by atoms with Crippen LogP contribution >= 0.6 is 11.8 Å². The van der Waals surface area contributed by atoms with Crippen LogP contribution in [0.25, 0.3) is 17.1 Å². The molecule has 22 heavy (non-hydrogen) atoms. The molecule has 2 aliphatic rings. The van der Waals surface area contributed by atoms with Gasteiger partial charge in [0.15, 0.2) is 5.76 Å².